The second kappa shape index (κ2) is 8.13. The van der Waals surface area contributed by atoms with E-state index in [1.807, 2.05) is 36.4 Å². The summed E-state index contributed by atoms with van der Waals surface area (Å²) in [5.41, 5.74) is 1.77. The van der Waals surface area contributed by atoms with Gasteiger partial charge in [0.05, 0.1) is 6.54 Å². The van der Waals surface area contributed by atoms with Crippen molar-refractivity contribution in [2.45, 2.75) is 32.9 Å². The fourth-order valence-electron chi connectivity index (χ4n) is 3.21. The average Bonchev–Trinajstić information content (AvgIpc) is 2.65. The smallest absolute Gasteiger partial charge is 0.250 e. The van der Waals surface area contributed by atoms with Crippen molar-refractivity contribution in [1.82, 2.24) is 14.8 Å². The molecule has 0 saturated carbocycles. The molecular formula is C21H25N3O2. The monoisotopic (exact) mass is 351 g/mol. The van der Waals surface area contributed by atoms with Gasteiger partial charge in [-0.2, -0.15) is 0 Å². The highest BCUT2D eigenvalue weighted by molar-refractivity contribution is 5.95. The first-order valence-electron chi connectivity index (χ1n) is 9.08. The molecule has 1 aromatic heterocycles. The number of nitrogens with zero attached hydrogens (tertiary/aromatic N) is 3. The minimum absolute atomic E-state index is 0.0193. The van der Waals surface area contributed by atoms with Crippen LogP contribution < -0.4 is 0 Å². The summed E-state index contributed by atoms with van der Waals surface area (Å²) in [4.78, 5) is 33.6. The number of hydrogen-bond acceptors (Lipinski definition) is 3. The quantitative estimate of drug-likeness (QED) is 0.804. The summed E-state index contributed by atoms with van der Waals surface area (Å²) in [5.74, 6) is 0.442. The van der Waals surface area contributed by atoms with Crippen LogP contribution in [0, 0.1) is 5.92 Å². The van der Waals surface area contributed by atoms with E-state index in [4.69, 9.17) is 0 Å². The molecule has 2 amide bonds. The predicted octanol–water partition coefficient (Wildman–Crippen LogP) is 3.04. The minimum Gasteiger partial charge on any atom is -0.331 e. The van der Waals surface area contributed by atoms with Crippen LogP contribution in [0.15, 0.2) is 54.9 Å². The van der Waals surface area contributed by atoms with Crippen LogP contribution >= 0.6 is 0 Å². The van der Waals surface area contributed by atoms with Crippen molar-refractivity contribution in [1.29, 1.82) is 0 Å². The van der Waals surface area contributed by atoms with Crippen molar-refractivity contribution in [3.05, 3.63) is 66.0 Å². The number of pyridine rings is 1. The van der Waals surface area contributed by atoms with Crippen LogP contribution in [-0.2, 0) is 16.1 Å². The molecule has 1 aliphatic rings. The molecule has 3 rings (SSSR count). The van der Waals surface area contributed by atoms with Crippen LogP contribution in [0.4, 0.5) is 0 Å². The Bertz CT molecular complexity index is 746. The largest absolute Gasteiger partial charge is 0.331 e. The number of rotatable bonds is 6. The zero-order valence-corrected chi connectivity index (χ0v) is 15.3. The van der Waals surface area contributed by atoms with Gasteiger partial charge < -0.3 is 9.80 Å². The lowest BCUT2D eigenvalue weighted by Gasteiger charge is -2.40. The first kappa shape index (κ1) is 18.1. The first-order chi connectivity index (χ1) is 12.6. The van der Waals surface area contributed by atoms with Crippen LogP contribution in [0.5, 0.6) is 0 Å². The van der Waals surface area contributed by atoms with Gasteiger partial charge in [0.2, 0.25) is 5.91 Å². The molecular weight excluding hydrogens is 326 g/mol. The van der Waals surface area contributed by atoms with Crippen molar-refractivity contribution in [2.24, 2.45) is 5.92 Å². The lowest BCUT2D eigenvalue weighted by atomic mass is 10.0. The Morgan fingerprint density at radius 3 is 2.54 bits per heavy atom. The fourth-order valence-corrected chi connectivity index (χ4v) is 3.21. The highest BCUT2D eigenvalue weighted by Crippen LogP contribution is 2.29. The Balaban J connectivity index is 1.89. The van der Waals surface area contributed by atoms with E-state index in [-0.39, 0.29) is 18.4 Å². The Kier molecular flexibility index (Phi) is 5.66. The molecule has 5 heteroatoms. The number of piperazine rings is 1. The summed E-state index contributed by atoms with van der Waals surface area (Å²) in [6.45, 7) is 5.42. The van der Waals surface area contributed by atoms with Gasteiger partial charge in [0.25, 0.3) is 5.91 Å². The highest BCUT2D eigenvalue weighted by atomic mass is 16.2. The van der Waals surface area contributed by atoms with Gasteiger partial charge in [0, 0.05) is 31.0 Å². The number of amides is 2. The van der Waals surface area contributed by atoms with Gasteiger partial charge in [0.15, 0.2) is 0 Å². The normalized spacial score (nSPS) is 17.9. The third-order valence-electron chi connectivity index (χ3n) is 4.68. The van der Waals surface area contributed by atoms with Crippen LogP contribution in [-0.4, -0.2) is 39.7 Å². The van der Waals surface area contributed by atoms with Gasteiger partial charge >= 0.3 is 0 Å². The second-order valence-electron chi connectivity index (χ2n) is 7.14. The SMILES string of the molecule is CC(C)CCN1CC(=O)N(Cc2ccccc2)C(c2cccnc2)C1=O. The fraction of sp³-hybridized carbons (Fsp3) is 0.381. The zero-order valence-electron chi connectivity index (χ0n) is 15.3. The molecule has 0 N–H and O–H groups in total. The molecule has 5 nitrogen and oxygen atoms in total. The minimum atomic E-state index is -0.614. The van der Waals surface area contributed by atoms with Gasteiger partial charge in [-0.25, -0.2) is 0 Å². The highest BCUT2D eigenvalue weighted by Gasteiger charge is 2.40. The summed E-state index contributed by atoms with van der Waals surface area (Å²) in [6, 6.07) is 12.8. The lowest BCUT2D eigenvalue weighted by Crippen LogP contribution is -2.55. The molecule has 136 valence electrons. The second-order valence-corrected chi connectivity index (χ2v) is 7.14. The maximum absolute atomic E-state index is 13.2. The number of aromatic nitrogens is 1. The van der Waals surface area contributed by atoms with Crippen molar-refractivity contribution in [3.63, 3.8) is 0 Å². The Hall–Kier alpha value is -2.69. The molecule has 1 fully saturated rings. The summed E-state index contributed by atoms with van der Waals surface area (Å²) in [7, 11) is 0. The molecule has 2 heterocycles. The topological polar surface area (TPSA) is 53.5 Å². The van der Waals surface area contributed by atoms with Crippen LogP contribution in [0.25, 0.3) is 0 Å². The van der Waals surface area contributed by atoms with Gasteiger partial charge in [-0.15, -0.1) is 0 Å². The molecule has 0 bridgehead atoms. The van der Waals surface area contributed by atoms with Gasteiger partial charge in [-0.1, -0.05) is 50.2 Å². The van der Waals surface area contributed by atoms with Crippen molar-refractivity contribution in [2.75, 3.05) is 13.1 Å². The number of benzene rings is 1. The van der Waals surface area contributed by atoms with Crippen LogP contribution in [0.3, 0.4) is 0 Å². The molecule has 0 aliphatic carbocycles. The van der Waals surface area contributed by atoms with E-state index in [1.54, 1.807) is 28.3 Å². The summed E-state index contributed by atoms with van der Waals surface area (Å²) in [6.07, 6.45) is 4.24. The average molecular weight is 351 g/mol. The first-order valence-corrected chi connectivity index (χ1v) is 9.08. The van der Waals surface area contributed by atoms with Crippen molar-refractivity contribution in [3.8, 4) is 0 Å². The summed E-state index contributed by atoms with van der Waals surface area (Å²) < 4.78 is 0. The molecule has 1 aliphatic heterocycles. The third kappa shape index (κ3) is 4.10. The van der Waals surface area contributed by atoms with Crippen LogP contribution in [0.2, 0.25) is 0 Å². The van der Waals surface area contributed by atoms with E-state index in [9.17, 15) is 9.59 Å². The molecule has 1 unspecified atom stereocenters. The van der Waals surface area contributed by atoms with Crippen molar-refractivity contribution < 1.29 is 9.59 Å². The summed E-state index contributed by atoms with van der Waals surface area (Å²) in [5, 5.41) is 0. The predicted molar refractivity (Wildman–Crippen MR) is 100 cm³/mol. The molecule has 1 saturated heterocycles. The standard InChI is InChI=1S/C21H25N3O2/c1-16(2)10-12-23-15-19(25)24(14-17-7-4-3-5-8-17)20(21(23)26)18-9-6-11-22-13-18/h3-9,11,13,16,20H,10,12,14-15H2,1-2H3. The number of carbonyl (C=O) groups excluding carboxylic acids is 2. The van der Waals surface area contributed by atoms with Crippen LogP contribution in [0.1, 0.15) is 37.4 Å². The van der Waals surface area contributed by atoms with E-state index in [2.05, 4.69) is 18.8 Å². The van der Waals surface area contributed by atoms with Gasteiger partial charge in [-0.05, 0) is 24.0 Å². The van der Waals surface area contributed by atoms with E-state index >= 15 is 0 Å². The van der Waals surface area contributed by atoms with E-state index in [0.29, 0.717) is 19.0 Å². The molecule has 1 aromatic carbocycles. The van der Waals surface area contributed by atoms with E-state index in [0.717, 1.165) is 17.5 Å². The van der Waals surface area contributed by atoms with E-state index in [1.165, 1.54) is 0 Å². The molecule has 0 spiro atoms. The summed E-state index contributed by atoms with van der Waals surface area (Å²) >= 11 is 0. The molecule has 2 aromatic rings. The molecule has 0 radical (unpaired) electrons. The van der Waals surface area contributed by atoms with Gasteiger partial charge in [0.1, 0.15) is 6.04 Å². The zero-order chi connectivity index (χ0) is 18.5. The van der Waals surface area contributed by atoms with Crippen molar-refractivity contribution >= 4 is 11.8 Å². The van der Waals surface area contributed by atoms with E-state index < -0.39 is 6.04 Å². The maximum atomic E-state index is 13.2. The number of carbonyl (C=O) groups is 2. The Morgan fingerprint density at radius 1 is 1.12 bits per heavy atom. The molecule has 1 atom stereocenters. The Morgan fingerprint density at radius 2 is 1.88 bits per heavy atom. The van der Waals surface area contributed by atoms with Gasteiger partial charge in [-0.3, -0.25) is 14.6 Å². The maximum Gasteiger partial charge on any atom is 0.250 e. The third-order valence-corrected chi connectivity index (χ3v) is 4.68. The lowest BCUT2D eigenvalue weighted by molar-refractivity contribution is -0.157. The Labute approximate surface area is 154 Å². The number of hydrogen-bond donors (Lipinski definition) is 0. The molecule has 26 heavy (non-hydrogen) atoms.